The maximum Gasteiger partial charge on any atom is 0.259 e. The topological polar surface area (TPSA) is 80.9 Å². The minimum atomic E-state index is -0.281. The highest BCUT2D eigenvalue weighted by Crippen LogP contribution is 2.24. The highest BCUT2D eigenvalue weighted by molar-refractivity contribution is 7.98. The summed E-state index contributed by atoms with van der Waals surface area (Å²) in [6.45, 7) is 1.83. The third-order valence-corrected chi connectivity index (χ3v) is 4.28. The lowest BCUT2D eigenvalue weighted by molar-refractivity contribution is 0.102. The fourth-order valence-corrected chi connectivity index (χ4v) is 2.92. The summed E-state index contributed by atoms with van der Waals surface area (Å²) < 4.78 is 5.04. The quantitative estimate of drug-likeness (QED) is 0.693. The van der Waals surface area contributed by atoms with Gasteiger partial charge in [0.15, 0.2) is 0 Å². The molecule has 122 valence electrons. The van der Waals surface area contributed by atoms with Crippen molar-refractivity contribution in [2.24, 2.45) is 0 Å². The number of aryl methyl sites for hydroxylation is 1. The first-order valence-electron chi connectivity index (χ1n) is 7.05. The van der Waals surface area contributed by atoms with Crippen LogP contribution in [-0.2, 0) is 5.75 Å². The van der Waals surface area contributed by atoms with Crippen LogP contribution in [0.1, 0.15) is 21.8 Å². The predicted molar refractivity (Wildman–Crippen MR) is 92.2 cm³/mol. The number of nitrogens with zero attached hydrogens (tertiary/aromatic N) is 3. The van der Waals surface area contributed by atoms with Crippen molar-refractivity contribution in [1.29, 1.82) is 0 Å². The van der Waals surface area contributed by atoms with E-state index in [1.165, 1.54) is 18.0 Å². The number of carbonyl (C=O) groups excluding carboxylic acids is 1. The molecular weight excluding hydrogens is 348 g/mol. The highest BCUT2D eigenvalue weighted by atomic mass is 35.5. The Kier molecular flexibility index (Phi) is 5.12. The van der Waals surface area contributed by atoms with Gasteiger partial charge in [0.05, 0.1) is 16.3 Å². The summed E-state index contributed by atoms with van der Waals surface area (Å²) >= 11 is 7.21. The molecule has 0 fully saturated rings. The molecule has 0 saturated heterocycles. The average molecular weight is 361 g/mol. The highest BCUT2D eigenvalue weighted by Gasteiger charge is 2.14. The number of pyridine rings is 2. The van der Waals surface area contributed by atoms with E-state index in [9.17, 15) is 4.79 Å². The molecule has 0 aliphatic rings. The first-order chi connectivity index (χ1) is 11.6. The van der Waals surface area contributed by atoms with Crippen molar-refractivity contribution in [2.45, 2.75) is 17.7 Å². The zero-order valence-electron chi connectivity index (χ0n) is 12.7. The number of halogens is 1. The summed E-state index contributed by atoms with van der Waals surface area (Å²) in [4.78, 5) is 20.8. The Bertz CT molecular complexity index is 851. The molecule has 0 atom stereocenters. The zero-order valence-corrected chi connectivity index (χ0v) is 14.3. The summed E-state index contributed by atoms with van der Waals surface area (Å²) in [5.74, 6) is 1.46. The van der Waals surface area contributed by atoms with Gasteiger partial charge in [0, 0.05) is 24.2 Å². The summed E-state index contributed by atoms with van der Waals surface area (Å²) in [6.07, 6.45) is 3.12. The van der Waals surface area contributed by atoms with Gasteiger partial charge >= 0.3 is 0 Å². The van der Waals surface area contributed by atoms with Crippen LogP contribution in [0.5, 0.6) is 0 Å². The Balaban J connectivity index is 1.72. The number of amides is 1. The number of aromatic nitrogens is 3. The standard InChI is InChI=1S/C16H13ClN4O2S/c1-10-7-12(21-23-10)9-24-16-13(3-2-6-18-16)15(22)20-14-5-4-11(17)8-19-14/h2-8H,9H2,1H3,(H,19,20,22). The van der Waals surface area contributed by atoms with Crippen molar-refractivity contribution in [3.05, 3.63) is 64.8 Å². The summed E-state index contributed by atoms with van der Waals surface area (Å²) in [6, 6.07) is 8.59. The minimum Gasteiger partial charge on any atom is -0.361 e. The van der Waals surface area contributed by atoms with Gasteiger partial charge in [-0.25, -0.2) is 9.97 Å². The molecule has 3 aromatic rings. The monoisotopic (exact) mass is 360 g/mol. The van der Waals surface area contributed by atoms with E-state index in [1.54, 1.807) is 30.5 Å². The maximum absolute atomic E-state index is 12.5. The van der Waals surface area contributed by atoms with E-state index in [-0.39, 0.29) is 5.91 Å². The summed E-state index contributed by atoms with van der Waals surface area (Å²) in [5.41, 5.74) is 1.27. The van der Waals surface area contributed by atoms with E-state index in [0.29, 0.717) is 27.2 Å². The molecular formula is C16H13ClN4O2S. The third-order valence-electron chi connectivity index (χ3n) is 3.02. The van der Waals surface area contributed by atoms with Crippen LogP contribution in [0.4, 0.5) is 5.82 Å². The van der Waals surface area contributed by atoms with E-state index in [4.69, 9.17) is 16.1 Å². The van der Waals surface area contributed by atoms with Gasteiger partial charge < -0.3 is 9.84 Å². The van der Waals surface area contributed by atoms with Crippen molar-refractivity contribution >= 4 is 35.1 Å². The number of hydrogen-bond donors (Lipinski definition) is 1. The Hall–Kier alpha value is -2.38. The minimum absolute atomic E-state index is 0.281. The van der Waals surface area contributed by atoms with Gasteiger partial charge in [0.25, 0.3) is 5.91 Å². The predicted octanol–water partition coefficient (Wildman–Crippen LogP) is 3.97. The van der Waals surface area contributed by atoms with Crippen LogP contribution in [0.25, 0.3) is 0 Å². The Labute approximate surface area is 147 Å². The molecule has 1 amide bonds. The van der Waals surface area contributed by atoms with Gasteiger partial charge in [-0.1, -0.05) is 28.5 Å². The van der Waals surface area contributed by atoms with Gasteiger partial charge in [-0.05, 0) is 31.2 Å². The van der Waals surface area contributed by atoms with E-state index in [1.807, 2.05) is 13.0 Å². The Morgan fingerprint density at radius 1 is 1.33 bits per heavy atom. The molecule has 0 unspecified atom stereocenters. The third kappa shape index (κ3) is 4.12. The Morgan fingerprint density at radius 3 is 2.92 bits per heavy atom. The van der Waals surface area contributed by atoms with Gasteiger partial charge in [-0.15, -0.1) is 0 Å². The van der Waals surface area contributed by atoms with Crippen molar-refractivity contribution < 1.29 is 9.32 Å². The van der Waals surface area contributed by atoms with Crippen LogP contribution in [0.3, 0.4) is 0 Å². The number of nitrogens with one attached hydrogen (secondary N) is 1. The van der Waals surface area contributed by atoms with Gasteiger partial charge in [0.2, 0.25) is 0 Å². The zero-order chi connectivity index (χ0) is 16.9. The lowest BCUT2D eigenvalue weighted by Gasteiger charge is -2.08. The molecule has 24 heavy (non-hydrogen) atoms. The molecule has 0 radical (unpaired) electrons. The number of carbonyl (C=O) groups is 1. The van der Waals surface area contributed by atoms with Crippen molar-refractivity contribution in [2.75, 3.05) is 5.32 Å². The number of hydrogen-bond acceptors (Lipinski definition) is 6. The molecule has 3 rings (SSSR count). The largest absolute Gasteiger partial charge is 0.361 e. The van der Waals surface area contributed by atoms with Crippen LogP contribution in [-0.4, -0.2) is 21.0 Å². The molecule has 1 N–H and O–H groups in total. The second-order valence-electron chi connectivity index (χ2n) is 4.89. The molecule has 8 heteroatoms. The van der Waals surface area contributed by atoms with E-state index in [0.717, 1.165) is 11.5 Å². The summed E-state index contributed by atoms with van der Waals surface area (Å²) in [5, 5.41) is 7.79. The molecule has 0 bridgehead atoms. The number of thioether (sulfide) groups is 1. The smallest absolute Gasteiger partial charge is 0.259 e. The van der Waals surface area contributed by atoms with Gasteiger partial charge in [-0.3, -0.25) is 4.79 Å². The van der Waals surface area contributed by atoms with Crippen molar-refractivity contribution in [3.63, 3.8) is 0 Å². The fraction of sp³-hybridized carbons (Fsp3) is 0.125. The normalized spacial score (nSPS) is 10.6. The second kappa shape index (κ2) is 7.46. The molecule has 3 aromatic heterocycles. The lowest BCUT2D eigenvalue weighted by atomic mass is 10.2. The average Bonchev–Trinajstić information content (AvgIpc) is 3.01. The van der Waals surface area contributed by atoms with E-state index in [2.05, 4.69) is 20.4 Å². The first kappa shape index (κ1) is 16.5. The molecule has 0 aliphatic heterocycles. The molecule has 6 nitrogen and oxygen atoms in total. The van der Waals surface area contributed by atoms with Crippen LogP contribution < -0.4 is 5.32 Å². The van der Waals surface area contributed by atoms with E-state index >= 15 is 0 Å². The summed E-state index contributed by atoms with van der Waals surface area (Å²) in [7, 11) is 0. The van der Waals surface area contributed by atoms with Crippen LogP contribution in [0.15, 0.2) is 52.3 Å². The fourth-order valence-electron chi connectivity index (χ4n) is 1.94. The van der Waals surface area contributed by atoms with Crippen molar-refractivity contribution in [1.82, 2.24) is 15.1 Å². The molecule has 0 aliphatic carbocycles. The van der Waals surface area contributed by atoms with E-state index < -0.39 is 0 Å². The first-order valence-corrected chi connectivity index (χ1v) is 8.41. The van der Waals surface area contributed by atoms with Crippen LogP contribution in [0.2, 0.25) is 5.02 Å². The van der Waals surface area contributed by atoms with Gasteiger partial charge in [0.1, 0.15) is 16.6 Å². The number of rotatable bonds is 5. The molecule has 0 spiro atoms. The molecule has 0 aromatic carbocycles. The van der Waals surface area contributed by atoms with Crippen LogP contribution in [0, 0.1) is 6.92 Å². The molecule has 3 heterocycles. The molecule has 0 saturated carbocycles. The lowest BCUT2D eigenvalue weighted by Crippen LogP contribution is -2.14. The van der Waals surface area contributed by atoms with Gasteiger partial charge in [-0.2, -0.15) is 0 Å². The van der Waals surface area contributed by atoms with Crippen molar-refractivity contribution in [3.8, 4) is 0 Å². The number of anilines is 1. The SMILES string of the molecule is Cc1cc(CSc2ncccc2C(=O)Nc2ccc(Cl)cn2)no1. The second-order valence-corrected chi connectivity index (χ2v) is 6.29. The maximum atomic E-state index is 12.5. The van der Waals surface area contributed by atoms with Crippen LogP contribution >= 0.6 is 23.4 Å². The Morgan fingerprint density at radius 2 is 2.21 bits per heavy atom.